The summed E-state index contributed by atoms with van der Waals surface area (Å²) in [6, 6.07) is 15.8. The Bertz CT molecular complexity index is 1270. The number of hydrogen-bond donors (Lipinski definition) is 4. The Hall–Kier alpha value is -3.91. The molecule has 0 saturated heterocycles. The Kier molecular flexibility index (Phi) is 9.58. The van der Waals surface area contributed by atoms with Crippen LogP contribution in [0.5, 0.6) is 5.75 Å². The van der Waals surface area contributed by atoms with Crippen LogP contribution >= 0.6 is 0 Å². The third-order valence-corrected chi connectivity index (χ3v) is 5.51. The zero-order valence-corrected chi connectivity index (χ0v) is 20.2. The van der Waals surface area contributed by atoms with E-state index in [1.54, 1.807) is 18.2 Å². The maximum atomic E-state index is 12.0. The van der Waals surface area contributed by atoms with Gasteiger partial charge in [0, 0.05) is 17.4 Å². The standard InChI is InChI=1S/C20H23N5O3S.C2HF3O2/c1-14(2)28-17-9-7-15(8-10-17)24-19-12-20(23-13-22-19)25-16-5-4-6-18(11-16)29(26,27)21-3;3-2(4,5)1(6)7/h4-14,21H,1-3H3,(H2,22,23,24,25);(H,6,7). The number of rotatable bonds is 8. The molecular formula is C22H24F3N5O5S. The molecule has 0 spiro atoms. The predicted octanol–water partition coefficient (Wildman–Crippen LogP) is 4.29. The number of aromatic nitrogens is 2. The second-order valence-electron chi connectivity index (χ2n) is 7.27. The normalized spacial score (nSPS) is 11.3. The van der Waals surface area contributed by atoms with Crippen molar-refractivity contribution in [2.75, 3.05) is 17.7 Å². The van der Waals surface area contributed by atoms with Crippen LogP contribution in [-0.2, 0) is 14.8 Å². The summed E-state index contributed by atoms with van der Waals surface area (Å²) in [6.45, 7) is 3.96. The Morgan fingerprint density at radius 1 is 0.972 bits per heavy atom. The number of carboxylic acid groups (broad SMARTS) is 1. The monoisotopic (exact) mass is 527 g/mol. The average Bonchev–Trinajstić information content (AvgIpc) is 2.80. The van der Waals surface area contributed by atoms with Crippen LogP contribution in [0.4, 0.5) is 36.2 Å². The van der Waals surface area contributed by atoms with Crippen LogP contribution in [0.3, 0.4) is 0 Å². The predicted molar refractivity (Wildman–Crippen MR) is 127 cm³/mol. The third-order valence-electron chi connectivity index (χ3n) is 4.09. The molecule has 36 heavy (non-hydrogen) atoms. The fraction of sp³-hybridized carbons (Fsp3) is 0.227. The van der Waals surface area contributed by atoms with E-state index in [4.69, 9.17) is 14.6 Å². The first-order valence-corrected chi connectivity index (χ1v) is 11.7. The number of nitrogens with zero attached hydrogens (tertiary/aromatic N) is 2. The van der Waals surface area contributed by atoms with Gasteiger partial charge in [-0.3, -0.25) is 0 Å². The third kappa shape index (κ3) is 9.03. The summed E-state index contributed by atoms with van der Waals surface area (Å²) < 4.78 is 63.6. The lowest BCUT2D eigenvalue weighted by Crippen LogP contribution is -2.21. The summed E-state index contributed by atoms with van der Waals surface area (Å²) >= 11 is 0. The fourth-order valence-electron chi connectivity index (χ4n) is 2.54. The number of carboxylic acids is 1. The maximum Gasteiger partial charge on any atom is 0.490 e. The highest BCUT2D eigenvalue weighted by molar-refractivity contribution is 7.89. The molecule has 10 nitrogen and oxygen atoms in total. The van der Waals surface area contributed by atoms with E-state index in [2.05, 4.69) is 25.3 Å². The van der Waals surface area contributed by atoms with E-state index in [0.29, 0.717) is 17.3 Å². The van der Waals surface area contributed by atoms with Gasteiger partial charge in [0.1, 0.15) is 23.7 Å². The van der Waals surface area contributed by atoms with Gasteiger partial charge in [0.05, 0.1) is 11.0 Å². The van der Waals surface area contributed by atoms with Crippen molar-refractivity contribution < 1.29 is 36.2 Å². The number of carbonyl (C=O) groups is 1. The zero-order chi connectivity index (χ0) is 26.9. The molecule has 0 amide bonds. The Morgan fingerprint density at radius 2 is 1.53 bits per heavy atom. The molecule has 1 aromatic heterocycles. The summed E-state index contributed by atoms with van der Waals surface area (Å²) in [5.74, 6) is -0.834. The minimum Gasteiger partial charge on any atom is -0.491 e. The first kappa shape index (κ1) is 28.3. The van der Waals surface area contributed by atoms with Gasteiger partial charge in [0.25, 0.3) is 0 Å². The van der Waals surface area contributed by atoms with Crippen LogP contribution < -0.4 is 20.1 Å². The van der Waals surface area contributed by atoms with Gasteiger partial charge in [0.15, 0.2) is 0 Å². The molecule has 1 heterocycles. The van der Waals surface area contributed by atoms with E-state index in [-0.39, 0.29) is 11.0 Å². The number of sulfonamides is 1. The zero-order valence-electron chi connectivity index (χ0n) is 19.4. The summed E-state index contributed by atoms with van der Waals surface area (Å²) in [4.78, 5) is 17.5. The van der Waals surface area contributed by atoms with Crippen molar-refractivity contribution in [3.05, 3.63) is 60.9 Å². The first-order valence-electron chi connectivity index (χ1n) is 10.3. The summed E-state index contributed by atoms with van der Waals surface area (Å²) in [5.41, 5.74) is 1.45. The highest BCUT2D eigenvalue weighted by atomic mass is 32.2. The van der Waals surface area contributed by atoms with Crippen LogP contribution in [0.15, 0.2) is 65.8 Å². The van der Waals surface area contributed by atoms with E-state index in [0.717, 1.165) is 11.4 Å². The highest BCUT2D eigenvalue weighted by Gasteiger charge is 2.38. The van der Waals surface area contributed by atoms with Crippen molar-refractivity contribution in [1.29, 1.82) is 0 Å². The molecule has 0 fully saturated rings. The van der Waals surface area contributed by atoms with Gasteiger partial charge in [-0.2, -0.15) is 13.2 Å². The molecule has 0 aliphatic rings. The molecule has 194 valence electrons. The van der Waals surface area contributed by atoms with E-state index in [1.165, 1.54) is 25.5 Å². The van der Waals surface area contributed by atoms with Gasteiger partial charge in [-0.25, -0.2) is 27.9 Å². The Labute approximate surface area is 205 Å². The molecule has 4 N–H and O–H groups in total. The van der Waals surface area contributed by atoms with Gasteiger partial charge in [0.2, 0.25) is 10.0 Å². The van der Waals surface area contributed by atoms with E-state index < -0.39 is 22.2 Å². The Balaban J connectivity index is 0.000000572. The highest BCUT2D eigenvalue weighted by Crippen LogP contribution is 2.23. The number of ether oxygens (including phenoxy) is 1. The van der Waals surface area contributed by atoms with Gasteiger partial charge < -0.3 is 20.5 Å². The van der Waals surface area contributed by atoms with Crippen LogP contribution in [0.2, 0.25) is 0 Å². The van der Waals surface area contributed by atoms with E-state index >= 15 is 0 Å². The molecule has 0 aliphatic carbocycles. The lowest BCUT2D eigenvalue weighted by Gasteiger charge is -2.12. The number of aliphatic carboxylic acids is 1. The first-order chi connectivity index (χ1) is 16.8. The molecule has 0 atom stereocenters. The molecule has 0 unspecified atom stereocenters. The van der Waals surface area contributed by atoms with Crippen molar-refractivity contribution in [3.63, 3.8) is 0 Å². The molecule has 3 rings (SSSR count). The minimum atomic E-state index is -5.08. The lowest BCUT2D eigenvalue weighted by molar-refractivity contribution is -0.192. The number of alkyl halides is 3. The van der Waals surface area contributed by atoms with Crippen LogP contribution in [0.25, 0.3) is 0 Å². The fourth-order valence-corrected chi connectivity index (χ4v) is 3.31. The number of halogens is 3. The summed E-state index contributed by atoms with van der Waals surface area (Å²) in [6.07, 6.45) is -3.54. The summed E-state index contributed by atoms with van der Waals surface area (Å²) in [5, 5.41) is 13.4. The maximum absolute atomic E-state index is 12.0. The molecule has 3 aromatic rings. The molecule has 0 aliphatic heterocycles. The Morgan fingerprint density at radius 3 is 2.03 bits per heavy atom. The molecule has 0 saturated carbocycles. The van der Waals surface area contributed by atoms with Gasteiger partial charge in [-0.15, -0.1) is 0 Å². The smallest absolute Gasteiger partial charge is 0.490 e. The summed E-state index contributed by atoms with van der Waals surface area (Å²) in [7, 11) is -2.14. The van der Waals surface area contributed by atoms with Crippen molar-refractivity contribution in [3.8, 4) is 5.75 Å². The molecule has 0 radical (unpaired) electrons. The van der Waals surface area contributed by atoms with Crippen molar-refractivity contribution in [2.45, 2.75) is 31.0 Å². The van der Waals surface area contributed by atoms with Gasteiger partial charge in [-0.1, -0.05) is 6.07 Å². The van der Waals surface area contributed by atoms with Crippen molar-refractivity contribution >= 4 is 39.0 Å². The van der Waals surface area contributed by atoms with Crippen molar-refractivity contribution in [1.82, 2.24) is 14.7 Å². The van der Waals surface area contributed by atoms with Crippen molar-refractivity contribution in [2.24, 2.45) is 0 Å². The molecule has 2 aromatic carbocycles. The minimum absolute atomic E-state index is 0.117. The number of hydrogen-bond acceptors (Lipinski definition) is 8. The number of benzene rings is 2. The second-order valence-corrected chi connectivity index (χ2v) is 9.15. The van der Waals surface area contributed by atoms with Gasteiger partial charge in [-0.05, 0) is 63.4 Å². The largest absolute Gasteiger partial charge is 0.491 e. The number of anilines is 4. The second kappa shape index (κ2) is 12.2. The van der Waals surface area contributed by atoms with Crippen LogP contribution in [0.1, 0.15) is 13.8 Å². The topological polar surface area (TPSA) is 143 Å². The van der Waals surface area contributed by atoms with Gasteiger partial charge >= 0.3 is 12.1 Å². The molecule has 14 heteroatoms. The lowest BCUT2D eigenvalue weighted by atomic mass is 10.3. The van der Waals surface area contributed by atoms with Crippen LogP contribution in [0, 0.1) is 0 Å². The van der Waals surface area contributed by atoms with E-state index in [9.17, 15) is 21.6 Å². The SMILES string of the molecule is CNS(=O)(=O)c1cccc(Nc2cc(Nc3ccc(OC(C)C)cc3)ncn2)c1.O=C(O)C(F)(F)F. The molecule has 0 bridgehead atoms. The number of nitrogens with one attached hydrogen (secondary N) is 3. The van der Waals surface area contributed by atoms with E-state index in [1.807, 2.05) is 38.1 Å². The quantitative estimate of drug-likeness (QED) is 0.337. The van der Waals surface area contributed by atoms with Crippen LogP contribution in [-0.4, -0.2) is 48.8 Å². The molecular weight excluding hydrogens is 503 g/mol. The average molecular weight is 528 g/mol.